The van der Waals surface area contributed by atoms with Gasteiger partial charge in [-0.05, 0) is 36.8 Å². The molecule has 1 aromatic carbocycles. The van der Waals surface area contributed by atoms with E-state index in [1.807, 2.05) is 13.0 Å². The molecule has 106 valence electrons. The number of halogens is 1. The van der Waals surface area contributed by atoms with Gasteiger partial charge in [-0.3, -0.25) is 9.78 Å². The second-order valence-electron chi connectivity index (χ2n) is 4.39. The fourth-order valence-electron chi connectivity index (χ4n) is 1.81. The molecule has 0 saturated carbocycles. The van der Waals surface area contributed by atoms with Crippen LogP contribution in [0, 0.1) is 24.6 Å². The van der Waals surface area contributed by atoms with E-state index in [0.29, 0.717) is 11.3 Å². The minimum absolute atomic E-state index is 0.138. The number of carbonyl (C=O) groups excluding carboxylic acids is 1. The lowest BCUT2D eigenvalue weighted by atomic mass is 10.1. The molecule has 0 spiro atoms. The Morgan fingerprint density at radius 1 is 1.33 bits per heavy atom. The fraction of sp³-hybridized carbons (Fsp3) is 0.125. The van der Waals surface area contributed by atoms with Crippen molar-refractivity contribution in [3.63, 3.8) is 0 Å². The van der Waals surface area contributed by atoms with E-state index in [0.717, 1.165) is 17.8 Å². The summed E-state index contributed by atoms with van der Waals surface area (Å²) in [5.74, 6) is 4.30. The lowest BCUT2D eigenvalue weighted by Gasteiger charge is -2.07. The molecule has 21 heavy (non-hydrogen) atoms. The molecule has 0 unspecified atom stereocenters. The van der Waals surface area contributed by atoms with Crippen LogP contribution in [0.25, 0.3) is 0 Å². The van der Waals surface area contributed by atoms with Gasteiger partial charge in [0.25, 0.3) is 5.91 Å². The number of hydrogen-bond acceptors (Lipinski definition) is 3. The van der Waals surface area contributed by atoms with Crippen molar-refractivity contribution < 1.29 is 14.3 Å². The molecule has 2 aromatic rings. The van der Waals surface area contributed by atoms with Gasteiger partial charge in [-0.1, -0.05) is 11.8 Å². The highest BCUT2D eigenvalue weighted by molar-refractivity contribution is 6.04. The first kappa shape index (κ1) is 14.7. The highest BCUT2D eigenvalue weighted by Gasteiger charge is 2.08. The maximum atomic E-state index is 13.0. The zero-order valence-corrected chi connectivity index (χ0v) is 11.4. The number of aromatic nitrogens is 1. The van der Waals surface area contributed by atoms with E-state index in [1.165, 1.54) is 6.20 Å². The summed E-state index contributed by atoms with van der Waals surface area (Å²) in [7, 11) is 0. The van der Waals surface area contributed by atoms with Crippen LogP contribution in [0.4, 0.5) is 10.1 Å². The summed E-state index contributed by atoms with van der Waals surface area (Å²) in [6.07, 6.45) is 2.33. The van der Waals surface area contributed by atoms with Crippen LogP contribution in [0.3, 0.4) is 0 Å². The minimum atomic E-state index is -0.568. The number of anilines is 1. The third kappa shape index (κ3) is 4.13. The van der Waals surface area contributed by atoms with Crippen LogP contribution < -0.4 is 5.32 Å². The number of benzene rings is 1. The van der Waals surface area contributed by atoms with Crippen molar-refractivity contribution in [2.45, 2.75) is 6.92 Å². The van der Waals surface area contributed by atoms with Crippen molar-refractivity contribution >= 4 is 11.6 Å². The molecule has 0 fully saturated rings. The van der Waals surface area contributed by atoms with E-state index in [2.05, 4.69) is 22.1 Å². The first-order chi connectivity index (χ1) is 10.1. The van der Waals surface area contributed by atoms with Crippen molar-refractivity contribution in [2.75, 3.05) is 11.9 Å². The van der Waals surface area contributed by atoms with Gasteiger partial charge in [0.1, 0.15) is 12.4 Å². The van der Waals surface area contributed by atoms with Crippen LogP contribution in [0.2, 0.25) is 0 Å². The monoisotopic (exact) mass is 284 g/mol. The Bertz CT molecular complexity index is 733. The molecule has 2 rings (SSSR count). The van der Waals surface area contributed by atoms with Gasteiger partial charge in [-0.15, -0.1) is 0 Å². The van der Waals surface area contributed by atoms with E-state index in [1.54, 1.807) is 12.1 Å². The van der Waals surface area contributed by atoms with Gasteiger partial charge in [0.15, 0.2) is 0 Å². The normalized spacial score (nSPS) is 9.67. The molecule has 5 heteroatoms. The molecular weight excluding hydrogens is 271 g/mol. The van der Waals surface area contributed by atoms with Crippen molar-refractivity contribution in [3.05, 3.63) is 59.2 Å². The number of hydrogen-bond donors (Lipinski definition) is 2. The van der Waals surface area contributed by atoms with Crippen LogP contribution in [0.15, 0.2) is 36.7 Å². The quantitative estimate of drug-likeness (QED) is 0.830. The molecule has 0 aliphatic carbocycles. The highest BCUT2D eigenvalue weighted by atomic mass is 19.1. The third-order valence-electron chi connectivity index (χ3n) is 2.61. The minimum Gasteiger partial charge on any atom is -0.384 e. The topological polar surface area (TPSA) is 62.2 Å². The summed E-state index contributed by atoms with van der Waals surface area (Å²) in [5.41, 5.74) is 2.27. The Balaban J connectivity index is 2.23. The van der Waals surface area contributed by atoms with E-state index < -0.39 is 11.7 Å². The number of rotatable bonds is 2. The second kappa shape index (κ2) is 6.64. The molecule has 1 heterocycles. The van der Waals surface area contributed by atoms with Gasteiger partial charge in [-0.25, -0.2) is 4.39 Å². The van der Waals surface area contributed by atoms with Crippen LogP contribution in [0.5, 0.6) is 0 Å². The molecule has 4 nitrogen and oxygen atoms in total. The van der Waals surface area contributed by atoms with Crippen molar-refractivity contribution in [2.24, 2.45) is 0 Å². The van der Waals surface area contributed by atoms with Crippen LogP contribution >= 0.6 is 0 Å². The summed E-state index contributed by atoms with van der Waals surface area (Å²) in [6, 6.07) is 6.40. The molecule has 0 radical (unpaired) electrons. The predicted octanol–water partition coefficient (Wildman–Crippen LogP) is 2.13. The van der Waals surface area contributed by atoms with E-state index in [4.69, 9.17) is 5.11 Å². The van der Waals surface area contributed by atoms with Gasteiger partial charge in [0.2, 0.25) is 0 Å². The molecule has 0 aliphatic rings. The molecule has 1 amide bonds. The Labute approximate surface area is 121 Å². The maximum absolute atomic E-state index is 13.0. The number of carbonyl (C=O) groups is 1. The first-order valence-electron chi connectivity index (χ1n) is 6.22. The molecule has 0 aliphatic heterocycles. The first-order valence-corrected chi connectivity index (χ1v) is 6.22. The smallest absolute Gasteiger partial charge is 0.257 e. The van der Waals surface area contributed by atoms with Gasteiger partial charge in [0, 0.05) is 17.4 Å². The molecule has 1 aromatic heterocycles. The largest absolute Gasteiger partial charge is 0.384 e. The zero-order valence-electron chi connectivity index (χ0n) is 11.4. The summed E-state index contributed by atoms with van der Waals surface area (Å²) in [6.45, 7) is 1.63. The van der Waals surface area contributed by atoms with Crippen molar-refractivity contribution in [3.8, 4) is 11.8 Å². The number of aryl methyl sites for hydroxylation is 1. The maximum Gasteiger partial charge on any atom is 0.257 e. The van der Waals surface area contributed by atoms with Crippen molar-refractivity contribution in [1.82, 2.24) is 4.98 Å². The van der Waals surface area contributed by atoms with Gasteiger partial charge in [0.05, 0.1) is 11.8 Å². The van der Waals surface area contributed by atoms with Crippen LogP contribution in [0.1, 0.15) is 21.5 Å². The number of amides is 1. The van der Waals surface area contributed by atoms with Gasteiger partial charge >= 0.3 is 0 Å². The third-order valence-corrected chi connectivity index (χ3v) is 2.61. The average molecular weight is 284 g/mol. The second-order valence-corrected chi connectivity index (χ2v) is 4.39. The summed E-state index contributed by atoms with van der Waals surface area (Å²) in [5, 5.41) is 11.4. The summed E-state index contributed by atoms with van der Waals surface area (Å²) >= 11 is 0. The summed E-state index contributed by atoms with van der Waals surface area (Å²) < 4.78 is 13.0. The van der Waals surface area contributed by atoms with Crippen LogP contribution in [-0.2, 0) is 0 Å². The molecule has 0 bridgehead atoms. The number of nitrogens with zero attached hydrogens (tertiary/aromatic N) is 1. The van der Waals surface area contributed by atoms with E-state index >= 15 is 0 Å². The van der Waals surface area contributed by atoms with Crippen molar-refractivity contribution in [1.29, 1.82) is 0 Å². The Kier molecular flexibility index (Phi) is 4.64. The molecular formula is C16H13FN2O2. The fourth-order valence-corrected chi connectivity index (χ4v) is 1.81. The SMILES string of the molecule is Cc1cc(C#CCO)cc(NC(=O)c2cncc(F)c2)c1. The molecule has 2 N–H and O–H groups in total. The number of aliphatic hydroxyl groups excluding tert-OH is 1. The molecule has 0 atom stereocenters. The zero-order chi connectivity index (χ0) is 15.2. The lowest BCUT2D eigenvalue weighted by molar-refractivity contribution is 0.102. The highest BCUT2D eigenvalue weighted by Crippen LogP contribution is 2.15. The van der Waals surface area contributed by atoms with Gasteiger partial charge < -0.3 is 10.4 Å². The Morgan fingerprint density at radius 3 is 2.86 bits per heavy atom. The van der Waals surface area contributed by atoms with E-state index in [9.17, 15) is 9.18 Å². The number of nitrogens with one attached hydrogen (secondary N) is 1. The average Bonchev–Trinajstić information content (AvgIpc) is 2.44. The molecule has 0 saturated heterocycles. The van der Waals surface area contributed by atoms with Crippen LogP contribution in [-0.4, -0.2) is 22.6 Å². The van der Waals surface area contributed by atoms with E-state index in [-0.39, 0.29) is 12.2 Å². The summed E-state index contributed by atoms with van der Waals surface area (Å²) in [4.78, 5) is 15.6. The van der Waals surface area contributed by atoms with Gasteiger partial charge in [-0.2, -0.15) is 0 Å². The standard InChI is InChI=1S/C16H13FN2O2/c1-11-5-12(3-2-4-20)7-15(6-11)19-16(21)13-8-14(17)10-18-9-13/h5-10,20H,4H2,1H3,(H,19,21). The number of aliphatic hydroxyl groups is 1. The lowest BCUT2D eigenvalue weighted by Crippen LogP contribution is -2.12. The Hall–Kier alpha value is -2.71. The Morgan fingerprint density at radius 2 is 2.14 bits per heavy atom. The predicted molar refractivity (Wildman–Crippen MR) is 77.3 cm³/mol. The number of pyridine rings is 1.